The summed E-state index contributed by atoms with van der Waals surface area (Å²) in [5.74, 6) is -2.11. The maximum Gasteiger partial charge on any atom is 0.497 e. The summed E-state index contributed by atoms with van der Waals surface area (Å²) in [6.45, 7) is 10.8. The lowest BCUT2D eigenvalue weighted by atomic mass is 9.78. The van der Waals surface area contributed by atoms with Crippen LogP contribution in [0.4, 0.5) is 8.78 Å². The summed E-state index contributed by atoms with van der Waals surface area (Å²) in [6, 6.07) is 8.71. The van der Waals surface area contributed by atoms with E-state index >= 15 is 0 Å². The average molecular weight is 908 g/mol. The standard InChI is InChI=1S/C16H15FN2O4S.C14H17BFNO4.C8H10BrNO2S/c1-3-24(21,22)9-10-4-11(8-18-7-10)12-5-14-15(6-13(12)17)23-16(20)19(14)2;1-13(2)14(3,4)21-15(20-13)8-6-10-11(7-9(8)16)19-12(18)17(10)5;1-2-13(11,12)6-7-3-8(9)5-10-4-7/h4-8H,3,9H2,1-2H3;6-7H,1-5H3;3-5H,2,6H2,1H3. The summed E-state index contributed by atoms with van der Waals surface area (Å²) in [5.41, 5.74) is 2.33. The molecule has 4 aromatic heterocycles. The Hall–Kier alpha value is -4.50. The summed E-state index contributed by atoms with van der Waals surface area (Å²) in [6.07, 6.45) is 6.09. The van der Waals surface area contributed by atoms with Gasteiger partial charge in [0.25, 0.3) is 0 Å². The van der Waals surface area contributed by atoms with E-state index in [1.165, 1.54) is 46.8 Å². The number of pyridine rings is 2. The van der Waals surface area contributed by atoms with E-state index in [4.69, 9.17) is 18.1 Å². The van der Waals surface area contributed by atoms with Crippen LogP contribution in [0, 0.1) is 11.6 Å². The van der Waals surface area contributed by atoms with Crippen molar-refractivity contribution in [3.8, 4) is 11.1 Å². The van der Waals surface area contributed by atoms with E-state index in [2.05, 4.69) is 25.9 Å². The van der Waals surface area contributed by atoms with E-state index in [9.17, 15) is 35.2 Å². The second kappa shape index (κ2) is 17.0. The molecule has 0 bridgehead atoms. The average Bonchev–Trinajstić information content (AvgIpc) is 3.66. The molecular formula is C38H42BBrF2N4O10S2. The number of aromatic nitrogens is 4. The Morgan fingerprint density at radius 3 is 1.66 bits per heavy atom. The van der Waals surface area contributed by atoms with Gasteiger partial charge in [0.2, 0.25) is 0 Å². The van der Waals surface area contributed by atoms with Gasteiger partial charge in [-0.2, -0.15) is 0 Å². The number of rotatable bonds is 8. The molecule has 0 amide bonds. The van der Waals surface area contributed by atoms with Crippen LogP contribution in [0.3, 0.4) is 0 Å². The molecule has 1 fully saturated rings. The number of nitrogens with zero attached hydrogens (tertiary/aromatic N) is 4. The number of sulfone groups is 2. The van der Waals surface area contributed by atoms with Crippen LogP contribution in [0.1, 0.15) is 52.7 Å². The number of aryl methyl sites for hydroxylation is 2. The molecule has 0 atom stereocenters. The van der Waals surface area contributed by atoms with Gasteiger partial charge in [-0.1, -0.05) is 13.8 Å². The maximum absolute atomic E-state index is 14.4. The van der Waals surface area contributed by atoms with Crippen molar-refractivity contribution in [2.45, 2.75) is 64.3 Å². The Labute approximate surface area is 342 Å². The molecule has 0 saturated carbocycles. The predicted molar refractivity (Wildman–Crippen MR) is 220 cm³/mol. The van der Waals surface area contributed by atoms with E-state index in [-0.39, 0.29) is 45.2 Å². The normalized spacial score (nSPS) is 14.9. The van der Waals surface area contributed by atoms with Crippen molar-refractivity contribution >= 4 is 70.4 Å². The molecule has 5 heterocycles. The van der Waals surface area contributed by atoms with Crippen LogP contribution in [-0.4, -0.2) is 65.8 Å². The van der Waals surface area contributed by atoms with Gasteiger partial charge in [0.1, 0.15) is 11.6 Å². The van der Waals surface area contributed by atoms with Gasteiger partial charge in [-0.15, -0.1) is 0 Å². The van der Waals surface area contributed by atoms with Gasteiger partial charge in [-0.3, -0.25) is 19.1 Å². The number of fused-ring (bicyclic) bond motifs is 2. The highest BCUT2D eigenvalue weighted by molar-refractivity contribution is 9.10. The lowest BCUT2D eigenvalue weighted by molar-refractivity contribution is 0.00578. The van der Waals surface area contributed by atoms with Gasteiger partial charge < -0.3 is 18.1 Å². The van der Waals surface area contributed by atoms with Crippen LogP contribution in [0.5, 0.6) is 0 Å². The van der Waals surface area contributed by atoms with Crippen molar-refractivity contribution in [3.63, 3.8) is 0 Å². The first kappa shape index (κ1) is 44.6. The van der Waals surface area contributed by atoms with Gasteiger partial charge in [0.15, 0.2) is 30.8 Å². The molecule has 2 aromatic carbocycles. The highest BCUT2D eigenvalue weighted by atomic mass is 79.9. The van der Waals surface area contributed by atoms with Crippen LogP contribution in [0.25, 0.3) is 33.3 Å². The Kier molecular flexibility index (Phi) is 13.1. The van der Waals surface area contributed by atoms with Crippen LogP contribution >= 0.6 is 15.9 Å². The number of oxazole rings is 2. The van der Waals surface area contributed by atoms with Crippen molar-refractivity contribution in [2.24, 2.45) is 14.1 Å². The summed E-state index contributed by atoms with van der Waals surface area (Å²) in [5, 5.41) is 0. The van der Waals surface area contributed by atoms with E-state index in [0.29, 0.717) is 22.2 Å². The zero-order valence-corrected chi connectivity index (χ0v) is 36.2. The summed E-state index contributed by atoms with van der Waals surface area (Å²) in [4.78, 5) is 30.9. The Bertz CT molecular complexity index is 2820. The molecule has 0 spiro atoms. The number of benzene rings is 2. The van der Waals surface area contributed by atoms with Gasteiger partial charge in [0.05, 0.1) is 33.7 Å². The molecule has 1 aliphatic heterocycles. The summed E-state index contributed by atoms with van der Waals surface area (Å²) < 4.78 is 99.6. The molecule has 0 radical (unpaired) electrons. The Balaban J connectivity index is 0.000000173. The fourth-order valence-corrected chi connectivity index (χ4v) is 7.80. The third-order valence-electron chi connectivity index (χ3n) is 9.82. The molecule has 6 aromatic rings. The molecule has 0 N–H and O–H groups in total. The lowest BCUT2D eigenvalue weighted by Crippen LogP contribution is -2.41. The Morgan fingerprint density at radius 1 is 0.690 bits per heavy atom. The predicted octanol–water partition coefficient (Wildman–Crippen LogP) is 5.62. The monoisotopic (exact) mass is 906 g/mol. The van der Waals surface area contributed by atoms with E-state index < -0.39 is 61.1 Å². The number of halogens is 3. The topological polar surface area (TPSA) is 183 Å². The van der Waals surface area contributed by atoms with Gasteiger partial charge >= 0.3 is 18.6 Å². The van der Waals surface area contributed by atoms with Crippen LogP contribution in [-0.2, 0) is 54.6 Å². The van der Waals surface area contributed by atoms with Crippen LogP contribution in [0.2, 0.25) is 0 Å². The zero-order valence-electron chi connectivity index (χ0n) is 33.0. The first-order chi connectivity index (χ1) is 27.0. The molecule has 310 valence electrons. The fourth-order valence-electron chi connectivity index (χ4n) is 5.65. The number of hydrogen-bond donors (Lipinski definition) is 0. The quantitative estimate of drug-likeness (QED) is 0.172. The van der Waals surface area contributed by atoms with Crippen molar-refractivity contribution in [1.29, 1.82) is 0 Å². The van der Waals surface area contributed by atoms with E-state index in [1.807, 2.05) is 27.7 Å². The third-order valence-corrected chi connectivity index (χ3v) is 13.6. The van der Waals surface area contributed by atoms with E-state index in [0.717, 1.165) is 16.1 Å². The second-order valence-electron chi connectivity index (χ2n) is 14.5. The van der Waals surface area contributed by atoms with Crippen LogP contribution < -0.4 is 17.0 Å². The molecule has 1 aliphatic rings. The van der Waals surface area contributed by atoms with Gasteiger partial charge in [-0.05, 0) is 79.0 Å². The first-order valence-corrected chi connectivity index (χ1v) is 22.3. The van der Waals surface area contributed by atoms with Gasteiger partial charge in [0, 0.05) is 83.6 Å². The van der Waals surface area contributed by atoms with Crippen LogP contribution in [0.15, 0.2) is 84.1 Å². The molecule has 1 saturated heterocycles. The minimum atomic E-state index is -3.21. The molecule has 58 heavy (non-hydrogen) atoms. The second-order valence-corrected chi connectivity index (χ2v) is 20.2. The minimum absolute atomic E-state index is 0.0225. The molecule has 0 unspecified atom stereocenters. The molecule has 20 heteroatoms. The van der Waals surface area contributed by atoms with Crippen molar-refractivity contribution < 1.29 is 43.8 Å². The summed E-state index contributed by atoms with van der Waals surface area (Å²) in [7, 11) is -3.88. The highest BCUT2D eigenvalue weighted by Gasteiger charge is 2.52. The third kappa shape index (κ3) is 10.0. The SMILES string of the molecule is CCS(=O)(=O)Cc1cncc(-c2cc3c(cc2F)oc(=O)n3C)c1.CCS(=O)(=O)Cc1cncc(Br)c1.Cn1c(=O)oc2cc(F)c(B3OC(C)(C)C(C)(C)O3)cc21. The molecular weight excluding hydrogens is 865 g/mol. The maximum atomic E-state index is 14.4. The fraction of sp³-hybridized carbons (Fsp3) is 0.368. The smallest absolute Gasteiger partial charge is 0.408 e. The summed E-state index contributed by atoms with van der Waals surface area (Å²) >= 11 is 3.23. The molecule has 7 rings (SSSR count). The molecule has 0 aliphatic carbocycles. The zero-order chi connectivity index (χ0) is 43.0. The Morgan fingerprint density at radius 2 is 1.16 bits per heavy atom. The van der Waals surface area contributed by atoms with E-state index in [1.54, 1.807) is 45.4 Å². The lowest BCUT2D eigenvalue weighted by Gasteiger charge is -2.32. The largest absolute Gasteiger partial charge is 0.497 e. The van der Waals surface area contributed by atoms with Crippen molar-refractivity contribution in [1.82, 2.24) is 19.1 Å². The number of hydrogen-bond acceptors (Lipinski definition) is 12. The molecule has 14 nitrogen and oxygen atoms in total. The first-order valence-electron chi connectivity index (χ1n) is 17.8. The minimum Gasteiger partial charge on any atom is -0.408 e. The highest BCUT2D eigenvalue weighted by Crippen LogP contribution is 2.37. The van der Waals surface area contributed by atoms with Crippen molar-refractivity contribution in [3.05, 3.63) is 110 Å². The van der Waals surface area contributed by atoms with Gasteiger partial charge in [-0.25, -0.2) is 35.2 Å². The van der Waals surface area contributed by atoms with Crippen molar-refractivity contribution in [2.75, 3.05) is 11.5 Å².